The summed E-state index contributed by atoms with van der Waals surface area (Å²) in [4.78, 5) is 17.5. The molecule has 0 unspecified atom stereocenters. The molecular weight excluding hydrogens is 362 g/mol. The Morgan fingerprint density at radius 1 is 1.43 bits per heavy atom. The smallest absolute Gasteiger partial charge is 0.335 e. The Bertz CT molecular complexity index is 744. The van der Waals surface area contributed by atoms with Gasteiger partial charge in [-0.2, -0.15) is 0 Å². The van der Waals surface area contributed by atoms with E-state index in [1.165, 1.54) is 24.5 Å². The SMILES string of the molecule is O=C(O)c1ccc(S(=O)(=O)NCCc2cnc[nH]2)c(Br)c1. The second-order valence-corrected chi connectivity index (χ2v) is 6.76. The molecule has 0 aliphatic rings. The number of halogens is 1. The molecule has 0 fully saturated rings. The molecule has 9 heteroatoms. The number of sulfonamides is 1. The van der Waals surface area contributed by atoms with Crippen LogP contribution in [0.4, 0.5) is 0 Å². The van der Waals surface area contributed by atoms with Crippen LogP contribution >= 0.6 is 15.9 Å². The van der Waals surface area contributed by atoms with Gasteiger partial charge in [0.05, 0.1) is 16.8 Å². The van der Waals surface area contributed by atoms with E-state index >= 15 is 0 Å². The molecule has 1 heterocycles. The fourth-order valence-electron chi connectivity index (χ4n) is 1.67. The predicted molar refractivity (Wildman–Crippen MR) is 78.6 cm³/mol. The van der Waals surface area contributed by atoms with E-state index in [1.807, 2.05) is 0 Å². The van der Waals surface area contributed by atoms with Crippen molar-refractivity contribution in [3.05, 3.63) is 46.5 Å². The number of aromatic nitrogens is 2. The molecule has 3 N–H and O–H groups in total. The van der Waals surface area contributed by atoms with Crippen molar-refractivity contribution in [3.63, 3.8) is 0 Å². The van der Waals surface area contributed by atoms with Crippen molar-refractivity contribution >= 4 is 31.9 Å². The van der Waals surface area contributed by atoms with E-state index < -0.39 is 16.0 Å². The first-order chi connectivity index (χ1) is 9.90. The third kappa shape index (κ3) is 3.90. The first-order valence-corrected chi connectivity index (χ1v) is 8.17. The monoisotopic (exact) mass is 373 g/mol. The first kappa shape index (κ1) is 15.7. The van der Waals surface area contributed by atoms with Crippen molar-refractivity contribution in [3.8, 4) is 0 Å². The van der Waals surface area contributed by atoms with Crippen LogP contribution in [-0.2, 0) is 16.4 Å². The number of H-pyrrole nitrogens is 1. The summed E-state index contributed by atoms with van der Waals surface area (Å²) in [6, 6.07) is 3.76. The number of nitrogens with one attached hydrogen (secondary N) is 2. The molecule has 112 valence electrons. The maximum atomic E-state index is 12.1. The molecule has 0 radical (unpaired) electrons. The highest BCUT2D eigenvalue weighted by Crippen LogP contribution is 2.23. The quantitative estimate of drug-likeness (QED) is 0.708. The van der Waals surface area contributed by atoms with E-state index in [1.54, 1.807) is 6.20 Å². The minimum atomic E-state index is -3.71. The fourth-order valence-corrected chi connectivity index (χ4v) is 3.78. The van der Waals surface area contributed by atoms with Crippen LogP contribution in [-0.4, -0.2) is 36.0 Å². The average molecular weight is 374 g/mol. The van der Waals surface area contributed by atoms with Crippen molar-refractivity contribution < 1.29 is 18.3 Å². The van der Waals surface area contributed by atoms with E-state index in [0.29, 0.717) is 6.42 Å². The van der Waals surface area contributed by atoms with Crippen molar-refractivity contribution in [2.45, 2.75) is 11.3 Å². The number of hydrogen-bond donors (Lipinski definition) is 3. The number of carboxylic acids is 1. The second kappa shape index (κ2) is 6.37. The Kier molecular flexibility index (Phi) is 4.76. The number of aromatic amines is 1. The summed E-state index contributed by atoms with van der Waals surface area (Å²) in [5, 5.41) is 8.85. The van der Waals surface area contributed by atoms with E-state index in [9.17, 15) is 13.2 Å². The molecule has 0 saturated heterocycles. The van der Waals surface area contributed by atoms with E-state index in [0.717, 1.165) is 5.69 Å². The molecule has 0 aliphatic carbocycles. The van der Waals surface area contributed by atoms with Gasteiger partial charge in [-0.1, -0.05) is 0 Å². The summed E-state index contributed by atoms with van der Waals surface area (Å²) in [6.45, 7) is 0.206. The molecule has 1 aromatic carbocycles. The van der Waals surface area contributed by atoms with E-state index in [2.05, 4.69) is 30.6 Å². The van der Waals surface area contributed by atoms with Gasteiger partial charge in [0, 0.05) is 29.3 Å². The van der Waals surface area contributed by atoms with Gasteiger partial charge >= 0.3 is 5.97 Å². The molecule has 1 aromatic heterocycles. The van der Waals surface area contributed by atoms with Gasteiger partial charge in [-0.3, -0.25) is 0 Å². The minimum Gasteiger partial charge on any atom is -0.478 e. The van der Waals surface area contributed by atoms with E-state index in [-0.39, 0.29) is 21.5 Å². The lowest BCUT2D eigenvalue weighted by atomic mass is 10.2. The zero-order valence-corrected chi connectivity index (χ0v) is 13.1. The number of carbonyl (C=O) groups is 1. The maximum absolute atomic E-state index is 12.1. The first-order valence-electron chi connectivity index (χ1n) is 5.90. The molecule has 0 amide bonds. The topological polar surface area (TPSA) is 112 Å². The molecule has 2 aromatic rings. The summed E-state index contributed by atoms with van der Waals surface area (Å²) >= 11 is 3.08. The molecule has 0 spiro atoms. The molecular formula is C12H12BrN3O4S. The van der Waals surface area contributed by atoms with Crippen LogP contribution in [0.5, 0.6) is 0 Å². The highest BCUT2D eigenvalue weighted by Gasteiger charge is 2.18. The third-order valence-corrected chi connectivity index (χ3v) is 5.15. The van der Waals surface area contributed by atoms with Crippen molar-refractivity contribution in [1.29, 1.82) is 0 Å². The second-order valence-electron chi connectivity index (χ2n) is 4.17. The molecule has 2 rings (SSSR count). The fraction of sp³-hybridized carbons (Fsp3) is 0.167. The summed E-state index contributed by atoms with van der Waals surface area (Å²) < 4.78 is 27.0. The number of benzene rings is 1. The normalized spacial score (nSPS) is 11.5. The van der Waals surface area contributed by atoms with Gasteiger partial charge in [0.1, 0.15) is 0 Å². The van der Waals surface area contributed by atoms with Gasteiger partial charge in [0.25, 0.3) is 0 Å². The van der Waals surface area contributed by atoms with Crippen LogP contribution in [0.15, 0.2) is 40.1 Å². The standard InChI is InChI=1S/C12H12BrN3O4S/c13-10-5-8(12(17)18)1-2-11(10)21(19,20)16-4-3-9-6-14-7-15-9/h1-2,5-7,16H,3-4H2,(H,14,15)(H,17,18). The third-order valence-electron chi connectivity index (χ3n) is 2.71. The van der Waals surface area contributed by atoms with Gasteiger partial charge < -0.3 is 10.1 Å². The van der Waals surface area contributed by atoms with Crippen LogP contribution in [0.3, 0.4) is 0 Å². The Hall–Kier alpha value is -1.71. The Morgan fingerprint density at radius 3 is 2.76 bits per heavy atom. The van der Waals surface area contributed by atoms with Crippen LogP contribution in [0.25, 0.3) is 0 Å². The molecule has 0 aliphatic heterocycles. The lowest BCUT2D eigenvalue weighted by Gasteiger charge is -2.08. The highest BCUT2D eigenvalue weighted by molar-refractivity contribution is 9.10. The number of rotatable bonds is 6. The number of aromatic carboxylic acids is 1. The molecule has 21 heavy (non-hydrogen) atoms. The maximum Gasteiger partial charge on any atom is 0.335 e. The largest absolute Gasteiger partial charge is 0.478 e. The van der Waals surface area contributed by atoms with Crippen molar-refractivity contribution in [1.82, 2.24) is 14.7 Å². The number of carboxylic acid groups (broad SMARTS) is 1. The highest BCUT2D eigenvalue weighted by atomic mass is 79.9. The summed E-state index contributed by atoms with van der Waals surface area (Å²) in [5.41, 5.74) is 0.830. The van der Waals surface area contributed by atoms with Gasteiger partial charge in [-0.25, -0.2) is 22.9 Å². The van der Waals surface area contributed by atoms with Gasteiger partial charge in [0.2, 0.25) is 10.0 Å². The van der Waals surface area contributed by atoms with Crippen LogP contribution in [0.2, 0.25) is 0 Å². The lowest BCUT2D eigenvalue weighted by molar-refractivity contribution is 0.0696. The zero-order chi connectivity index (χ0) is 15.5. The van der Waals surface area contributed by atoms with Gasteiger partial charge in [-0.05, 0) is 34.1 Å². The average Bonchev–Trinajstić information content (AvgIpc) is 2.91. The Morgan fingerprint density at radius 2 is 2.19 bits per heavy atom. The van der Waals surface area contributed by atoms with Crippen LogP contribution < -0.4 is 4.72 Å². The molecule has 0 bridgehead atoms. The number of imidazole rings is 1. The molecule has 7 nitrogen and oxygen atoms in total. The van der Waals surface area contributed by atoms with E-state index in [4.69, 9.17) is 5.11 Å². The summed E-state index contributed by atoms with van der Waals surface area (Å²) in [7, 11) is -3.71. The molecule has 0 saturated carbocycles. The summed E-state index contributed by atoms with van der Waals surface area (Å²) in [5.74, 6) is -1.12. The molecule has 0 atom stereocenters. The number of hydrogen-bond acceptors (Lipinski definition) is 4. The zero-order valence-electron chi connectivity index (χ0n) is 10.7. The van der Waals surface area contributed by atoms with Crippen molar-refractivity contribution in [2.75, 3.05) is 6.54 Å². The van der Waals surface area contributed by atoms with Crippen LogP contribution in [0, 0.1) is 0 Å². The lowest BCUT2D eigenvalue weighted by Crippen LogP contribution is -2.26. The number of nitrogens with zero attached hydrogens (tertiary/aromatic N) is 1. The van der Waals surface area contributed by atoms with Gasteiger partial charge in [-0.15, -0.1) is 0 Å². The van der Waals surface area contributed by atoms with Crippen molar-refractivity contribution in [2.24, 2.45) is 0 Å². The summed E-state index contributed by atoms with van der Waals surface area (Å²) in [6.07, 6.45) is 3.61. The Labute approximate surface area is 129 Å². The predicted octanol–water partition coefficient (Wildman–Crippen LogP) is 1.39. The minimum absolute atomic E-state index is 0.00268. The Balaban J connectivity index is 2.10. The van der Waals surface area contributed by atoms with Gasteiger partial charge in [0.15, 0.2) is 0 Å². The van der Waals surface area contributed by atoms with Crippen LogP contribution in [0.1, 0.15) is 16.1 Å².